The van der Waals surface area contributed by atoms with Crippen LogP contribution in [0.3, 0.4) is 0 Å². The molecule has 0 amide bonds. The summed E-state index contributed by atoms with van der Waals surface area (Å²) in [7, 11) is 0. The molecule has 2 rings (SSSR count). The molecule has 2 nitrogen and oxygen atoms in total. The summed E-state index contributed by atoms with van der Waals surface area (Å²) in [4.78, 5) is 0.452. The van der Waals surface area contributed by atoms with E-state index < -0.39 is 0 Å². The molecule has 0 saturated heterocycles. The molecule has 0 aromatic heterocycles. The summed E-state index contributed by atoms with van der Waals surface area (Å²) in [5.41, 5.74) is 7.80. The van der Waals surface area contributed by atoms with E-state index in [-0.39, 0.29) is 5.54 Å². The van der Waals surface area contributed by atoms with Gasteiger partial charge in [0.05, 0.1) is 0 Å². The first-order valence-corrected chi connectivity index (χ1v) is 6.08. The molecule has 0 aliphatic heterocycles. The van der Waals surface area contributed by atoms with Crippen LogP contribution in [0.1, 0.15) is 32.3 Å². The highest BCUT2D eigenvalue weighted by molar-refractivity contribution is 7.80. The van der Waals surface area contributed by atoms with Gasteiger partial charge in [-0.25, -0.2) is 0 Å². The van der Waals surface area contributed by atoms with E-state index in [2.05, 4.69) is 19.2 Å². The molecule has 1 fully saturated rings. The lowest BCUT2D eigenvalue weighted by molar-refractivity contribution is 0.494. The Morgan fingerprint density at radius 1 is 1.31 bits per heavy atom. The lowest BCUT2D eigenvalue weighted by Crippen LogP contribution is -2.33. The molecule has 1 aliphatic carbocycles. The highest BCUT2D eigenvalue weighted by atomic mass is 32.1. The summed E-state index contributed by atoms with van der Waals surface area (Å²) < 4.78 is 0. The fourth-order valence-corrected chi connectivity index (χ4v) is 2.13. The molecule has 1 aliphatic rings. The highest BCUT2D eigenvalue weighted by Gasteiger charge is 2.37. The standard InChI is InChI=1S/C13H18N2S/c1-13(2,10-5-6-10)15-11-7-3-9(4-8-11)12(14)16/h3-4,7-8,10,15H,5-6H2,1-2H3,(H2,14,16). The molecule has 0 radical (unpaired) electrons. The van der Waals surface area contributed by atoms with Gasteiger partial charge in [-0.3, -0.25) is 0 Å². The van der Waals surface area contributed by atoms with Crippen molar-refractivity contribution in [2.45, 2.75) is 32.2 Å². The predicted molar refractivity (Wildman–Crippen MR) is 72.8 cm³/mol. The minimum absolute atomic E-state index is 0.185. The number of hydrogen-bond acceptors (Lipinski definition) is 2. The van der Waals surface area contributed by atoms with Crippen molar-refractivity contribution in [2.75, 3.05) is 5.32 Å². The average molecular weight is 234 g/mol. The quantitative estimate of drug-likeness (QED) is 0.787. The van der Waals surface area contributed by atoms with Crippen molar-refractivity contribution in [3.63, 3.8) is 0 Å². The zero-order valence-corrected chi connectivity index (χ0v) is 10.6. The highest BCUT2D eigenvalue weighted by Crippen LogP contribution is 2.41. The summed E-state index contributed by atoms with van der Waals surface area (Å²) >= 11 is 4.92. The average Bonchev–Trinajstić information content (AvgIpc) is 3.01. The van der Waals surface area contributed by atoms with Gasteiger partial charge < -0.3 is 11.1 Å². The molecule has 1 saturated carbocycles. The van der Waals surface area contributed by atoms with Gasteiger partial charge in [-0.1, -0.05) is 12.2 Å². The number of thiocarbonyl (C=S) groups is 1. The minimum atomic E-state index is 0.185. The van der Waals surface area contributed by atoms with Gasteiger partial charge in [-0.05, 0) is 56.9 Å². The lowest BCUT2D eigenvalue weighted by atomic mass is 9.98. The fraction of sp³-hybridized carbons (Fsp3) is 0.462. The molecule has 86 valence electrons. The van der Waals surface area contributed by atoms with Gasteiger partial charge in [-0.2, -0.15) is 0 Å². The molecule has 16 heavy (non-hydrogen) atoms. The number of nitrogens with two attached hydrogens (primary N) is 1. The molecule has 3 heteroatoms. The SMILES string of the molecule is CC(C)(Nc1ccc(C(N)=S)cc1)C1CC1. The maximum atomic E-state index is 5.56. The van der Waals surface area contributed by atoms with Crippen molar-refractivity contribution in [3.05, 3.63) is 29.8 Å². The molecular formula is C13H18N2S. The molecule has 0 spiro atoms. The van der Waals surface area contributed by atoms with Crippen molar-refractivity contribution >= 4 is 22.9 Å². The Morgan fingerprint density at radius 3 is 2.31 bits per heavy atom. The summed E-state index contributed by atoms with van der Waals surface area (Å²) in [6.45, 7) is 4.51. The van der Waals surface area contributed by atoms with Gasteiger partial charge >= 0.3 is 0 Å². The van der Waals surface area contributed by atoms with Crippen LogP contribution < -0.4 is 11.1 Å². The Morgan fingerprint density at radius 2 is 1.88 bits per heavy atom. The Kier molecular flexibility index (Phi) is 2.89. The van der Waals surface area contributed by atoms with Crippen molar-refractivity contribution in [1.82, 2.24) is 0 Å². The third-order valence-corrected chi connectivity index (χ3v) is 3.47. The van der Waals surface area contributed by atoms with Crippen molar-refractivity contribution in [3.8, 4) is 0 Å². The molecule has 0 heterocycles. The van der Waals surface area contributed by atoms with Gasteiger partial charge in [0.15, 0.2) is 0 Å². The van der Waals surface area contributed by atoms with E-state index >= 15 is 0 Å². The molecule has 0 bridgehead atoms. The van der Waals surface area contributed by atoms with Crippen molar-refractivity contribution in [1.29, 1.82) is 0 Å². The van der Waals surface area contributed by atoms with E-state index in [1.165, 1.54) is 12.8 Å². The first-order chi connectivity index (χ1) is 7.49. The van der Waals surface area contributed by atoms with Crippen molar-refractivity contribution in [2.24, 2.45) is 11.7 Å². The zero-order valence-electron chi connectivity index (χ0n) is 9.79. The Balaban J connectivity index is 2.07. The Labute approximate surface area is 102 Å². The van der Waals surface area contributed by atoms with E-state index in [0.29, 0.717) is 4.99 Å². The van der Waals surface area contributed by atoms with Crippen LogP contribution in [0.15, 0.2) is 24.3 Å². The summed E-state index contributed by atoms with van der Waals surface area (Å²) in [6, 6.07) is 8.01. The van der Waals surface area contributed by atoms with Gasteiger partial charge in [-0.15, -0.1) is 0 Å². The topological polar surface area (TPSA) is 38.0 Å². The molecule has 1 aromatic rings. The van der Waals surface area contributed by atoms with Crippen LogP contribution in [0.2, 0.25) is 0 Å². The maximum absolute atomic E-state index is 5.56. The normalized spacial score (nSPS) is 15.9. The fourth-order valence-electron chi connectivity index (χ4n) is 2.00. The Hall–Kier alpha value is -1.09. The van der Waals surface area contributed by atoms with Crippen LogP contribution in [0.4, 0.5) is 5.69 Å². The van der Waals surface area contributed by atoms with E-state index in [9.17, 15) is 0 Å². The second-order valence-electron chi connectivity index (χ2n) is 5.06. The molecule has 3 N–H and O–H groups in total. The van der Waals surface area contributed by atoms with Crippen LogP contribution in [-0.4, -0.2) is 10.5 Å². The smallest absolute Gasteiger partial charge is 0.103 e. The molecular weight excluding hydrogens is 216 g/mol. The number of rotatable bonds is 4. The summed E-state index contributed by atoms with van der Waals surface area (Å²) in [6.07, 6.45) is 2.68. The van der Waals surface area contributed by atoms with Crippen LogP contribution in [0.5, 0.6) is 0 Å². The zero-order chi connectivity index (χ0) is 11.8. The van der Waals surface area contributed by atoms with Gasteiger partial charge in [0.25, 0.3) is 0 Å². The lowest BCUT2D eigenvalue weighted by Gasteiger charge is -2.27. The molecule has 1 aromatic carbocycles. The number of nitrogens with one attached hydrogen (secondary N) is 1. The predicted octanol–water partition coefficient (Wildman–Crippen LogP) is 2.92. The monoisotopic (exact) mass is 234 g/mol. The number of anilines is 1. The van der Waals surface area contributed by atoms with Crippen molar-refractivity contribution < 1.29 is 0 Å². The van der Waals surface area contributed by atoms with Crippen LogP contribution in [-0.2, 0) is 0 Å². The van der Waals surface area contributed by atoms with E-state index in [0.717, 1.165) is 17.2 Å². The van der Waals surface area contributed by atoms with Crippen LogP contribution in [0.25, 0.3) is 0 Å². The largest absolute Gasteiger partial charge is 0.389 e. The summed E-state index contributed by atoms with van der Waals surface area (Å²) in [5.74, 6) is 0.808. The second-order valence-corrected chi connectivity index (χ2v) is 5.50. The van der Waals surface area contributed by atoms with Gasteiger partial charge in [0.1, 0.15) is 4.99 Å². The first-order valence-electron chi connectivity index (χ1n) is 5.67. The van der Waals surface area contributed by atoms with E-state index in [1.54, 1.807) is 0 Å². The van der Waals surface area contributed by atoms with Gasteiger partial charge in [0.2, 0.25) is 0 Å². The minimum Gasteiger partial charge on any atom is -0.389 e. The summed E-state index contributed by atoms with van der Waals surface area (Å²) in [5, 5.41) is 3.56. The molecule has 0 unspecified atom stereocenters. The van der Waals surface area contributed by atoms with E-state index in [1.807, 2.05) is 24.3 Å². The first kappa shape index (κ1) is 11.4. The number of benzene rings is 1. The van der Waals surface area contributed by atoms with E-state index in [4.69, 9.17) is 18.0 Å². The third-order valence-electron chi connectivity index (χ3n) is 3.23. The number of hydrogen-bond donors (Lipinski definition) is 2. The maximum Gasteiger partial charge on any atom is 0.103 e. The van der Waals surface area contributed by atoms with Crippen LogP contribution in [0, 0.1) is 5.92 Å². The van der Waals surface area contributed by atoms with Crippen LogP contribution >= 0.6 is 12.2 Å². The molecule has 0 atom stereocenters. The van der Waals surface area contributed by atoms with Gasteiger partial charge in [0, 0.05) is 16.8 Å². The Bertz CT molecular complexity index is 391. The third kappa shape index (κ3) is 2.53. The second kappa shape index (κ2) is 4.06.